The van der Waals surface area contributed by atoms with E-state index in [1.165, 1.54) is 12.0 Å². The Morgan fingerprint density at radius 1 is 1.53 bits per heavy atom. The third-order valence-corrected chi connectivity index (χ3v) is 2.12. The molecule has 8 nitrogen and oxygen atoms in total. The molecule has 0 saturated heterocycles. The minimum Gasteiger partial charge on any atom is -0.468 e. The van der Waals surface area contributed by atoms with Crippen molar-refractivity contribution in [1.29, 1.82) is 0 Å². The molecule has 17 heavy (non-hydrogen) atoms. The zero-order valence-corrected chi connectivity index (χ0v) is 9.93. The summed E-state index contributed by atoms with van der Waals surface area (Å²) < 4.78 is 4.52. The molecular formula is C9H15N5O3. The number of esters is 1. The first-order valence-corrected chi connectivity index (χ1v) is 5.01. The number of carbonyl (C=O) groups excluding carboxylic acids is 2. The Hall–Kier alpha value is -2.12. The summed E-state index contributed by atoms with van der Waals surface area (Å²) in [5, 5.41) is 5.96. The average molecular weight is 241 g/mol. The number of amides is 1. The number of H-pyrrole nitrogens is 1. The number of carbonyl (C=O) groups is 2. The van der Waals surface area contributed by atoms with Gasteiger partial charge in [0, 0.05) is 6.04 Å². The number of methoxy groups -OCH3 is 1. The topological polar surface area (TPSA) is 114 Å². The van der Waals surface area contributed by atoms with Crippen molar-refractivity contribution in [3.8, 4) is 0 Å². The number of ether oxygens (including phenoxy) is 1. The summed E-state index contributed by atoms with van der Waals surface area (Å²) in [7, 11) is 1.26. The van der Waals surface area contributed by atoms with Crippen molar-refractivity contribution in [1.82, 2.24) is 20.1 Å². The lowest BCUT2D eigenvalue weighted by Crippen LogP contribution is -2.41. The number of nitrogen functional groups attached to an aromatic ring is 1. The highest BCUT2D eigenvalue weighted by atomic mass is 16.5. The van der Waals surface area contributed by atoms with Crippen LogP contribution in [0.3, 0.4) is 0 Å². The Morgan fingerprint density at radius 3 is 2.59 bits per heavy atom. The first-order valence-electron chi connectivity index (χ1n) is 5.01. The minimum absolute atomic E-state index is 0.0000954. The number of aromatic nitrogens is 3. The van der Waals surface area contributed by atoms with Gasteiger partial charge in [0.15, 0.2) is 0 Å². The molecule has 3 N–H and O–H groups in total. The molecule has 0 aliphatic rings. The van der Waals surface area contributed by atoms with E-state index in [9.17, 15) is 9.59 Å². The van der Waals surface area contributed by atoms with Crippen molar-refractivity contribution in [2.45, 2.75) is 19.9 Å². The maximum atomic E-state index is 12.0. The molecule has 1 rings (SSSR count). The van der Waals surface area contributed by atoms with Crippen LogP contribution >= 0.6 is 0 Å². The van der Waals surface area contributed by atoms with Crippen LogP contribution in [0.2, 0.25) is 0 Å². The van der Waals surface area contributed by atoms with Crippen LogP contribution in [0.4, 0.5) is 5.95 Å². The quantitative estimate of drug-likeness (QED) is 0.681. The van der Waals surface area contributed by atoms with E-state index in [2.05, 4.69) is 19.9 Å². The Labute approximate surface area is 98.1 Å². The normalized spacial score (nSPS) is 10.4. The lowest BCUT2D eigenvalue weighted by atomic mass is 10.3. The highest BCUT2D eigenvalue weighted by Gasteiger charge is 2.24. The van der Waals surface area contributed by atoms with E-state index in [1.54, 1.807) is 13.8 Å². The van der Waals surface area contributed by atoms with Crippen molar-refractivity contribution in [2.24, 2.45) is 0 Å². The zero-order valence-electron chi connectivity index (χ0n) is 9.93. The van der Waals surface area contributed by atoms with Crippen molar-refractivity contribution < 1.29 is 14.3 Å². The van der Waals surface area contributed by atoms with Gasteiger partial charge in [-0.1, -0.05) is 0 Å². The Balaban J connectivity index is 2.84. The Morgan fingerprint density at radius 2 is 2.18 bits per heavy atom. The van der Waals surface area contributed by atoms with E-state index in [0.29, 0.717) is 0 Å². The van der Waals surface area contributed by atoms with Crippen LogP contribution < -0.4 is 5.73 Å². The molecule has 1 amide bonds. The second kappa shape index (κ2) is 5.28. The maximum absolute atomic E-state index is 12.0. The van der Waals surface area contributed by atoms with Crippen molar-refractivity contribution in [3.05, 3.63) is 5.82 Å². The molecule has 0 aliphatic carbocycles. The molecule has 0 saturated carbocycles. The van der Waals surface area contributed by atoms with Crippen LogP contribution in [0.1, 0.15) is 24.5 Å². The third-order valence-electron chi connectivity index (χ3n) is 2.12. The fourth-order valence-corrected chi connectivity index (χ4v) is 1.20. The fourth-order valence-electron chi connectivity index (χ4n) is 1.20. The molecule has 0 aliphatic heterocycles. The fraction of sp³-hybridized carbons (Fsp3) is 0.556. The summed E-state index contributed by atoms with van der Waals surface area (Å²) >= 11 is 0. The van der Waals surface area contributed by atoms with Gasteiger partial charge in [-0.3, -0.25) is 14.7 Å². The number of hydrogen-bond donors (Lipinski definition) is 2. The smallest absolute Gasteiger partial charge is 0.325 e. The SMILES string of the molecule is COC(=O)CN(C(=O)c1nc(N)n[nH]1)C(C)C. The standard InChI is InChI=1S/C9H15N5O3/c1-5(2)14(4-6(15)17-3)8(16)7-11-9(10)13-12-7/h5H,4H2,1-3H3,(H3,10,11,12,13). The van der Waals surface area contributed by atoms with Gasteiger partial charge in [-0.15, -0.1) is 5.10 Å². The van der Waals surface area contributed by atoms with Crippen LogP contribution in [0.5, 0.6) is 0 Å². The molecule has 94 valence electrons. The molecule has 0 bridgehead atoms. The summed E-state index contributed by atoms with van der Waals surface area (Å²) in [6.45, 7) is 3.41. The molecule has 1 aromatic heterocycles. The number of nitrogens with zero attached hydrogens (tertiary/aromatic N) is 3. The molecule has 0 unspecified atom stereocenters. The molecule has 0 radical (unpaired) electrons. The van der Waals surface area contributed by atoms with Crippen LogP contribution in [0.15, 0.2) is 0 Å². The second-order valence-electron chi connectivity index (χ2n) is 3.65. The molecule has 0 spiro atoms. The predicted molar refractivity (Wildman–Crippen MR) is 59.0 cm³/mol. The minimum atomic E-state index is -0.500. The lowest BCUT2D eigenvalue weighted by Gasteiger charge is -2.24. The number of nitrogens with one attached hydrogen (secondary N) is 1. The third kappa shape index (κ3) is 3.16. The van der Waals surface area contributed by atoms with Gasteiger partial charge in [0.05, 0.1) is 7.11 Å². The Kier molecular flexibility index (Phi) is 4.02. The van der Waals surface area contributed by atoms with E-state index in [0.717, 1.165) is 0 Å². The summed E-state index contributed by atoms with van der Waals surface area (Å²) in [6.07, 6.45) is 0. The van der Waals surface area contributed by atoms with E-state index in [1.807, 2.05) is 0 Å². The summed E-state index contributed by atoms with van der Waals surface area (Å²) in [4.78, 5) is 28.2. The van der Waals surface area contributed by atoms with Gasteiger partial charge in [-0.2, -0.15) is 4.98 Å². The van der Waals surface area contributed by atoms with Crippen molar-refractivity contribution >= 4 is 17.8 Å². The van der Waals surface area contributed by atoms with Gasteiger partial charge >= 0.3 is 5.97 Å². The first-order chi connectivity index (χ1) is 7.95. The number of rotatable bonds is 4. The van der Waals surface area contributed by atoms with E-state index in [4.69, 9.17) is 5.73 Å². The van der Waals surface area contributed by atoms with E-state index < -0.39 is 11.9 Å². The van der Waals surface area contributed by atoms with Crippen LogP contribution in [0.25, 0.3) is 0 Å². The maximum Gasteiger partial charge on any atom is 0.325 e. The van der Waals surface area contributed by atoms with Crippen LogP contribution in [0, 0.1) is 0 Å². The molecule has 0 atom stereocenters. The molecule has 1 heterocycles. The Bertz CT molecular complexity index is 415. The summed E-state index contributed by atoms with van der Waals surface area (Å²) in [5.74, 6) is -0.968. The average Bonchev–Trinajstić information content (AvgIpc) is 2.71. The van der Waals surface area contributed by atoms with Gasteiger partial charge in [-0.05, 0) is 13.8 Å². The number of hydrogen-bond acceptors (Lipinski definition) is 6. The molecule has 8 heteroatoms. The molecule has 1 aromatic rings. The van der Waals surface area contributed by atoms with E-state index in [-0.39, 0.29) is 24.4 Å². The summed E-state index contributed by atoms with van der Waals surface area (Å²) in [6, 6.07) is -0.173. The monoisotopic (exact) mass is 241 g/mol. The number of aromatic amines is 1. The van der Waals surface area contributed by atoms with Crippen molar-refractivity contribution in [3.63, 3.8) is 0 Å². The lowest BCUT2D eigenvalue weighted by molar-refractivity contribution is -0.141. The second-order valence-corrected chi connectivity index (χ2v) is 3.65. The largest absolute Gasteiger partial charge is 0.468 e. The summed E-state index contributed by atoms with van der Waals surface area (Å²) in [5.41, 5.74) is 5.30. The number of nitrogens with two attached hydrogens (primary N) is 1. The highest BCUT2D eigenvalue weighted by Crippen LogP contribution is 2.05. The molecule has 0 aromatic carbocycles. The predicted octanol–water partition coefficient (Wildman–Crippen LogP) is -0.589. The number of anilines is 1. The van der Waals surface area contributed by atoms with Gasteiger partial charge in [0.1, 0.15) is 6.54 Å². The van der Waals surface area contributed by atoms with Gasteiger partial charge in [0.25, 0.3) is 5.91 Å². The van der Waals surface area contributed by atoms with Gasteiger partial charge < -0.3 is 15.4 Å². The van der Waals surface area contributed by atoms with Crippen LogP contribution in [-0.2, 0) is 9.53 Å². The van der Waals surface area contributed by atoms with Gasteiger partial charge in [-0.25, -0.2) is 0 Å². The van der Waals surface area contributed by atoms with E-state index >= 15 is 0 Å². The zero-order chi connectivity index (χ0) is 13.0. The van der Waals surface area contributed by atoms with Crippen molar-refractivity contribution in [2.75, 3.05) is 19.4 Å². The molecular weight excluding hydrogens is 226 g/mol. The highest BCUT2D eigenvalue weighted by molar-refractivity contribution is 5.93. The molecule has 0 fully saturated rings. The first kappa shape index (κ1) is 12.9. The van der Waals surface area contributed by atoms with Gasteiger partial charge in [0.2, 0.25) is 11.8 Å². The van der Waals surface area contributed by atoms with Crippen LogP contribution in [-0.4, -0.2) is 51.7 Å².